The Balaban J connectivity index is 1.87. The lowest BCUT2D eigenvalue weighted by Crippen LogP contribution is -2.41. The normalized spacial score (nSPS) is 17.0. The molecule has 1 atom stereocenters. The van der Waals surface area contributed by atoms with Crippen molar-refractivity contribution in [2.75, 3.05) is 13.7 Å². The van der Waals surface area contributed by atoms with Crippen molar-refractivity contribution in [2.45, 2.75) is 19.5 Å². The van der Waals surface area contributed by atoms with E-state index < -0.39 is 5.97 Å². The van der Waals surface area contributed by atoms with Crippen LogP contribution in [0.4, 0.5) is 0 Å². The number of nitrogens with zero attached hydrogens (tertiary/aromatic N) is 4. The fraction of sp³-hybridized carbons (Fsp3) is 0.333. The first-order valence-corrected chi connectivity index (χ1v) is 6.99. The van der Waals surface area contributed by atoms with Crippen LogP contribution >= 0.6 is 0 Å². The Hall–Kier alpha value is -2.70. The minimum absolute atomic E-state index is 0.132. The van der Waals surface area contributed by atoms with E-state index in [1.54, 1.807) is 35.5 Å². The summed E-state index contributed by atoms with van der Waals surface area (Å²) >= 11 is 0. The lowest BCUT2D eigenvalue weighted by molar-refractivity contribution is 0.0600. The van der Waals surface area contributed by atoms with Crippen LogP contribution in [0.2, 0.25) is 0 Å². The standard InChI is InChI=1S/C15H16N4O3/c1-10-13-17-16-9-18(13)6-7-19(10)14(20)11-4-3-5-12(8-11)15(21)22-2/h3-5,8-10H,6-7H2,1-2H3. The van der Waals surface area contributed by atoms with E-state index in [0.717, 1.165) is 5.82 Å². The van der Waals surface area contributed by atoms with E-state index in [2.05, 4.69) is 14.9 Å². The SMILES string of the molecule is COC(=O)c1cccc(C(=O)N2CCn3cnnc3C2C)c1. The second-order valence-corrected chi connectivity index (χ2v) is 5.13. The van der Waals surface area contributed by atoms with E-state index in [0.29, 0.717) is 24.2 Å². The average Bonchev–Trinajstić information content (AvgIpc) is 3.03. The Bertz CT molecular complexity index is 725. The van der Waals surface area contributed by atoms with E-state index in [4.69, 9.17) is 0 Å². The van der Waals surface area contributed by atoms with Crippen molar-refractivity contribution in [2.24, 2.45) is 0 Å². The number of ether oxygens (including phenoxy) is 1. The fourth-order valence-corrected chi connectivity index (χ4v) is 2.65. The van der Waals surface area contributed by atoms with Crippen LogP contribution in [0.1, 0.15) is 39.5 Å². The van der Waals surface area contributed by atoms with E-state index >= 15 is 0 Å². The van der Waals surface area contributed by atoms with E-state index in [1.165, 1.54) is 7.11 Å². The van der Waals surface area contributed by atoms with Crippen molar-refractivity contribution in [1.29, 1.82) is 0 Å². The van der Waals surface area contributed by atoms with Crippen LogP contribution in [0.15, 0.2) is 30.6 Å². The molecule has 3 rings (SSSR count). The Kier molecular flexibility index (Phi) is 3.62. The molecule has 1 aromatic heterocycles. The topological polar surface area (TPSA) is 77.3 Å². The Labute approximate surface area is 127 Å². The Morgan fingerprint density at radius 2 is 2.05 bits per heavy atom. The molecule has 2 heterocycles. The van der Waals surface area contributed by atoms with Gasteiger partial charge in [-0.15, -0.1) is 10.2 Å². The molecule has 1 unspecified atom stereocenters. The third kappa shape index (κ3) is 2.34. The molecule has 0 spiro atoms. The number of aromatic nitrogens is 3. The smallest absolute Gasteiger partial charge is 0.337 e. The van der Waals surface area contributed by atoms with Gasteiger partial charge in [-0.05, 0) is 25.1 Å². The lowest BCUT2D eigenvalue weighted by Gasteiger charge is -2.33. The highest BCUT2D eigenvalue weighted by atomic mass is 16.5. The Morgan fingerprint density at radius 3 is 2.82 bits per heavy atom. The molecule has 1 aromatic carbocycles. The first kappa shape index (κ1) is 14.2. The predicted molar refractivity (Wildman–Crippen MR) is 77.3 cm³/mol. The molecule has 0 radical (unpaired) electrons. The van der Waals surface area contributed by atoms with Gasteiger partial charge in [0, 0.05) is 18.7 Å². The molecule has 2 aromatic rings. The van der Waals surface area contributed by atoms with Crippen molar-refractivity contribution >= 4 is 11.9 Å². The van der Waals surface area contributed by atoms with Gasteiger partial charge in [-0.25, -0.2) is 4.79 Å². The Morgan fingerprint density at radius 1 is 1.27 bits per heavy atom. The minimum Gasteiger partial charge on any atom is -0.465 e. The van der Waals surface area contributed by atoms with Crippen LogP contribution < -0.4 is 0 Å². The van der Waals surface area contributed by atoms with E-state index in [9.17, 15) is 9.59 Å². The summed E-state index contributed by atoms with van der Waals surface area (Å²) < 4.78 is 6.63. The number of carbonyl (C=O) groups excluding carboxylic acids is 2. The van der Waals surface area contributed by atoms with E-state index in [1.807, 2.05) is 11.5 Å². The second-order valence-electron chi connectivity index (χ2n) is 5.13. The molecule has 0 saturated carbocycles. The van der Waals surface area contributed by atoms with Gasteiger partial charge in [0.15, 0.2) is 5.82 Å². The number of methoxy groups -OCH3 is 1. The van der Waals surface area contributed by atoms with Gasteiger partial charge in [0.1, 0.15) is 6.33 Å². The van der Waals surface area contributed by atoms with Gasteiger partial charge in [0.2, 0.25) is 0 Å². The zero-order valence-electron chi connectivity index (χ0n) is 12.4. The van der Waals surface area contributed by atoms with Gasteiger partial charge in [0.25, 0.3) is 5.91 Å². The van der Waals surface area contributed by atoms with E-state index in [-0.39, 0.29) is 11.9 Å². The number of fused-ring (bicyclic) bond motifs is 1. The number of hydrogen-bond acceptors (Lipinski definition) is 5. The number of esters is 1. The number of benzene rings is 1. The van der Waals surface area contributed by atoms with Crippen LogP contribution in [0.3, 0.4) is 0 Å². The highest BCUT2D eigenvalue weighted by molar-refractivity contribution is 5.98. The highest BCUT2D eigenvalue weighted by Crippen LogP contribution is 2.24. The maximum atomic E-state index is 12.7. The number of hydrogen-bond donors (Lipinski definition) is 0. The predicted octanol–water partition coefficient (Wildman–Crippen LogP) is 1.28. The van der Waals surface area contributed by atoms with Crippen LogP contribution in [-0.2, 0) is 11.3 Å². The monoisotopic (exact) mass is 300 g/mol. The molecule has 0 aliphatic carbocycles. The quantitative estimate of drug-likeness (QED) is 0.781. The molecule has 1 aliphatic rings. The summed E-state index contributed by atoms with van der Waals surface area (Å²) in [7, 11) is 1.32. The van der Waals surface area contributed by atoms with Crippen LogP contribution in [-0.4, -0.2) is 45.2 Å². The summed E-state index contributed by atoms with van der Waals surface area (Å²) in [6, 6.07) is 6.39. The van der Waals surface area contributed by atoms with Gasteiger partial charge in [-0.2, -0.15) is 0 Å². The number of amides is 1. The summed E-state index contributed by atoms with van der Waals surface area (Å²) in [6.07, 6.45) is 1.67. The third-order valence-electron chi connectivity index (χ3n) is 3.86. The highest BCUT2D eigenvalue weighted by Gasteiger charge is 2.30. The largest absolute Gasteiger partial charge is 0.465 e. The van der Waals surface area contributed by atoms with Crippen molar-refractivity contribution in [3.8, 4) is 0 Å². The van der Waals surface area contributed by atoms with Crippen LogP contribution in [0, 0.1) is 0 Å². The second kappa shape index (κ2) is 5.59. The molecule has 22 heavy (non-hydrogen) atoms. The molecule has 0 bridgehead atoms. The first-order valence-electron chi connectivity index (χ1n) is 6.99. The molecular weight excluding hydrogens is 284 g/mol. The van der Waals surface area contributed by atoms with Crippen molar-refractivity contribution in [1.82, 2.24) is 19.7 Å². The van der Waals surface area contributed by atoms with Gasteiger partial charge >= 0.3 is 5.97 Å². The number of rotatable bonds is 2. The molecule has 1 amide bonds. The van der Waals surface area contributed by atoms with Gasteiger partial charge in [0.05, 0.1) is 18.7 Å². The summed E-state index contributed by atoms with van der Waals surface area (Å²) in [5, 5.41) is 7.95. The molecule has 0 saturated heterocycles. The maximum Gasteiger partial charge on any atom is 0.337 e. The molecule has 0 fully saturated rings. The fourth-order valence-electron chi connectivity index (χ4n) is 2.65. The van der Waals surface area contributed by atoms with Crippen LogP contribution in [0.5, 0.6) is 0 Å². The molecule has 114 valence electrons. The van der Waals surface area contributed by atoms with Crippen molar-refractivity contribution in [3.63, 3.8) is 0 Å². The molecule has 7 nitrogen and oxygen atoms in total. The molecule has 0 N–H and O–H groups in total. The maximum absolute atomic E-state index is 12.7. The van der Waals surface area contributed by atoms with Crippen LogP contribution in [0.25, 0.3) is 0 Å². The van der Waals surface area contributed by atoms with Crippen molar-refractivity contribution < 1.29 is 14.3 Å². The minimum atomic E-state index is -0.457. The molecule has 1 aliphatic heterocycles. The van der Waals surface area contributed by atoms with Crippen molar-refractivity contribution in [3.05, 3.63) is 47.5 Å². The summed E-state index contributed by atoms with van der Waals surface area (Å²) in [5.74, 6) is 0.178. The summed E-state index contributed by atoms with van der Waals surface area (Å²) in [6.45, 7) is 3.16. The first-order chi connectivity index (χ1) is 10.6. The van der Waals surface area contributed by atoms with Gasteiger partial charge in [-0.1, -0.05) is 6.07 Å². The van der Waals surface area contributed by atoms with Gasteiger partial charge in [-0.3, -0.25) is 4.79 Å². The zero-order chi connectivity index (χ0) is 15.7. The lowest BCUT2D eigenvalue weighted by atomic mass is 10.1. The summed E-state index contributed by atoms with van der Waals surface area (Å²) in [4.78, 5) is 26.0. The third-order valence-corrected chi connectivity index (χ3v) is 3.86. The zero-order valence-corrected chi connectivity index (χ0v) is 12.4. The average molecular weight is 300 g/mol. The molecular formula is C15H16N4O3. The molecule has 7 heteroatoms. The van der Waals surface area contributed by atoms with Gasteiger partial charge < -0.3 is 14.2 Å². The number of carbonyl (C=O) groups is 2. The summed E-state index contributed by atoms with van der Waals surface area (Å²) in [5.41, 5.74) is 0.823.